The predicted octanol–water partition coefficient (Wildman–Crippen LogP) is 4.29. The largest absolute Gasteiger partial charge is 0.511 e. The van der Waals surface area contributed by atoms with Crippen molar-refractivity contribution >= 4 is 17.7 Å². The van der Waals surface area contributed by atoms with Crippen molar-refractivity contribution in [3.05, 3.63) is 23.0 Å². The predicted molar refractivity (Wildman–Crippen MR) is 116 cm³/mol. The van der Waals surface area contributed by atoms with E-state index in [2.05, 4.69) is 19.9 Å². The standard InChI is InChI=1S/C26H34O6/c1-13-12-16-23(5,26(21(30)31-7)19(28)14(2)18(27)24(13,26)6)10-8-15-22(3,4)17-9-11-25(15,16)20(29)32-17/h12,15-17,27H,8-11H2,1-7H3/t15-,16+,17+,23-,24-,25-,26-/m1/s1. The lowest BCUT2D eigenvalue weighted by molar-refractivity contribution is -0.262. The van der Waals surface area contributed by atoms with Crippen LogP contribution in [0.2, 0.25) is 0 Å². The number of Topliss-reactive ketones (excluding diaryl/α,β-unsaturated/α-hetero) is 1. The maximum absolute atomic E-state index is 14.0. The van der Waals surface area contributed by atoms with E-state index in [1.807, 2.05) is 13.8 Å². The fraction of sp³-hybridized carbons (Fsp3) is 0.731. The molecule has 174 valence electrons. The minimum Gasteiger partial charge on any atom is -0.511 e. The normalized spacial score (nSPS) is 48.5. The molecule has 6 aliphatic rings. The lowest BCUT2D eigenvalue weighted by Crippen LogP contribution is -2.74. The van der Waals surface area contributed by atoms with Gasteiger partial charge in [0.25, 0.3) is 0 Å². The minimum atomic E-state index is -1.62. The Labute approximate surface area is 189 Å². The molecule has 0 aromatic rings. The number of carbonyl (C=O) groups is 3. The van der Waals surface area contributed by atoms with Crippen LogP contribution in [0.25, 0.3) is 0 Å². The zero-order valence-electron chi connectivity index (χ0n) is 20.1. The van der Waals surface area contributed by atoms with Crippen LogP contribution in [0.1, 0.15) is 67.2 Å². The third-order valence-corrected chi connectivity index (χ3v) is 10.8. The molecule has 0 unspecified atom stereocenters. The fourth-order valence-corrected chi connectivity index (χ4v) is 9.13. The van der Waals surface area contributed by atoms with E-state index < -0.39 is 27.6 Å². The summed E-state index contributed by atoms with van der Waals surface area (Å²) in [5.41, 5.74) is -3.76. The lowest BCUT2D eigenvalue weighted by Gasteiger charge is -2.70. The molecule has 0 radical (unpaired) electrons. The van der Waals surface area contributed by atoms with Gasteiger partial charge in [0.15, 0.2) is 11.2 Å². The molecule has 6 heteroatoms. The van der Waals surface area contributed by atoms with Crippen LogP contribution in [0, 0.1) is 38.9 Å². The van der Waals surface area contributed by atoms with Crippen LogP contribution in [-0.4, -0.2) is 36.0 Å². The van der Waals surface area contributed by atoms with Crippen molar-refractivity contribution in [3.8, 4) is 0 Å². The van der Waals surface area contributed by atoms with Crippen LogP contribution in [0.5, 0.6) is 0 Å². The van der Waals surface area contributed by atoms with Crippen LogP contribution in [0.15, 0.2) is 23.0 Å². The SMILES string of the molecule is COC(=O)[C@@]12C(=O)C(C)=C(O)[C@@]1(C)C(C)=C[C@@H]1[C@]34CC[C@H](OC3=O)C(C)(C)[C@H]4CC[C@]12C. The summed E-state index contributed by atoms with van der Waals surface area (Å²) in [6.45, 7) is 11.6. The van der Waals surface area contributed by atoms with Gasteiger partial charge in [0.2, 0.25) is 0 Å². The van der Waals surface area contributed by atoms with E-state index in [1.165, 1.54) is 7.11 Å². The monoisotopic (exact) mass is 442 g/mol. The van der Waals surface area contributed by atoms with E-state index in [-0.39, 0.29) is 46.4 Å². The van der Waals surface area contributed by atoms with Crippen LogP contribution in [0.3, 0.4) is 0 Å². The van der Waals surface area contributed by atoms with Crippen molar-refractivity contribution in [3.63, 3.8) is 0 Å². The Morgan fingerprint density at radius 3 is 2.38 bits per heavy atom. The molecular formula is C26H34O6. The molecule has 4 fully saturated rings. The first kappa shape index (κ1) is 21.7. The van der Waals surface area contributed by atoms with Crippen LogP contribution in [0.4, 0.5) is 0 Å². The first-order valence-corrected chi connectivity index (χ1v) is 11.7. The highest BCUT2D eigenvalue weighted by atomic mass is 16.6. The quantitative estimate of drug-likeness (QED) is 0.370. The van der Waals surface area contributed by atoms with Crippen molar-refractivity contribution in [1.82, 2.24) is 0 Å². The van der Waals surface area contributed by atoms with E-state index in [1.54, 1.807) is 13.8 Å². The van der Waals surface area contributed by atoms with Gasteiger partial charge in [0.05, 0.1) is 17.9 Å². The number of allylic oxidation sites excluding steroid dienone is 3. The number of rotatable bonds is 1. The number of ketones is 1. The number of aliphatic hydroxyl groups is 1. The van der Waals surface area contributed by atoms with Crippen LogP contribution < -0.4 is 0 Å². The summed E-state index contributed by atoms with van der Waals surface area (Å²) in [5, 5.41) is 11.2. The molecule has 6 rings (SSSR count). The number of hydrogen-bond acceptors (Lipinski definition) is 6. The Morgan fingerprint density at radius 2 is 1.78 bits per heavy atom. The van der Waals surface area contributed by atoms with Crippen molar-refractivity contribution in [2.24, 2.45) is 38.9 Å². The van der Waals surface area contributed by atoms with E-state index in [4.69, 9.17) is 9.47 Å². The Morgan fingerprint density at radius 1 is 1.12 bits per heavy atom. The number of esters is 2. The Hall–Kier alpha value is -2.11. The number of hydrogen-bond donors (Lipinski definition) is 1. The van der Waals surface area contributed by atoms with Gasteiger partial charge in [-0.05, 0) is 57.8 Å². The van der Waals surface area contributed by atoms with Gasteiger partial charge >= 0.3 is 11.9 Å². The molecule has 2 aliphatic heterocycles. The first-order valence-electron chi connectivity index (χ1n) is 11.7. The van der Waals surface area contributed by atoms with E-state index in [0.717, 1.165) is 18.4 Å². The van der Waals surface area contributed by atoms with Crippen molar-refractivity contribution < 1.29 is 29.0 Å². The number of methoxy groups -OCH3 is 1. The molecule has 2 bridgehead atoms. The Kier molecular flexibility index (Phi) is 3.98. The summed E-state index contributed by atoms with van der Waals surface area (Å²) in [4.78, 5) is 41.3. The van der Waals surface area contributed by atoms with Gasteiger partial charge in [0, 0.05) is 16.9 Å². The molecule has 1 spiro atoms. The van der Waals surface area contributed by atoms with E-state index in [0.29, 0.717) is 12.8 Å². The van der Waals surface area contributed by atoms with Gasteiger partial charge in [-0.3, -0.25) is 14.4 Å². The molecule has 2 heterocycles. The molecule has 4 aliphatic carbocycles. The Bertz CT molecular complexity index is 1030. The highest BCUT2D eigenvalue weighted by Gasteiger charge is 2.82. The summed E-state index contributed by atoms with van der Waals surface area (Å²) < 4.78 is 11.3. The Balaban J connectivity index is 1.85. The number of ether oxygens (including phenoxy) is 2. The molecule has 0 aromatic carbocycles. The van der Waals surface area contributed by atoms with E-state index >= 15 is 0 Å². The summed E-state index contributed by atoms with van der Waals surface area (Å²) in [6, 6.07) is 0. The highest BCUT2D eigenvalue weighted by Crippen LogP contribution is 2.78. The van der Waals surface area contributed by atoms with Crippen molar-refractivity contribution in [1.29, 1.82) is 0 Å². The topological polar surface area (TPSA) is 89.9 Å². The second-order valence-electron chi connectivity index (χ2n) is 11.8. The van der Waals surface area contributed by atoms with Gasteiger partial charge < -0.3 is 14.6 Å². The van der Waals surface area contributed by atoms with Crippen LogP contribution >= 0.6 is 0 Å². The zero-order valence-corrected chi connectivity index (χ0v) is 20.1. The van der Waals surface area contributed by atoms with Gasteiger partial charge in [0.1, 0.15) is 11.9 Å². The van der Waals surface area contributed by atoms with Gasteiger partial charge in [-0.15, -0.1) is 0 Å². The summed E-state index contributed by atoms with van der Waals surface area (Å²) in [5.74, 6) is -1.51. The van der Waals surface area contributed by atoms with Gasteiger partial charge in [-0.1, -0.05) is 32.4 Å². The number of aliphatic hydroxyl groups excluding tert-OH is 1. The second-order valence-corrected chi connectivity index (χ2v) is 11.8. The highest BCUT2D eigenvalue weighted by molar-refractivity contribution is 6.17. The van der Waals surface area contributed by atoms with E-state index in [9.17, 15) is 19.5 Å². The maximum atomic E-state index is 14.0. The molecule has 32 heavy (non-hydrogen) atoms. The maximum Gasteiger partial charge on any atom is 0.321 e. The van der Waals surface area contributed by atoms with Crippen molar-refractivity contribution in [2.45, 2.75) is 73.3 Å². The fourth-order valence-electron chi connectivity index (χ4n) is 9.13. The molecule has 6 nitrogen and oxygen atoms in total. The summed E-state index contributed by atoms with van der Waals surface area (Å²) >= 11 is 0. The summed E-state index contributed by atoms with van der Waals surface area (Å²) in [6.07, 6.45) is 4.77. The minimum absolute atomic E-state index is 0.0591. The first-order chi connectivity index (χ1) is 14.8. The molecule has 0 aromatic heterocycles. The van der Waals surface area contributed by atoms with Crippen LogP contribution in [-0.2, 0) is 23.9 Å². The smallest absolute Gasteiger partial charge is 0.321 e. The molecule has 7 atom stereocenters. The number of fused-ring (bicyclic) bond motifs is 5. The molecular weight excluding hydrogens is 408 g/mol. The molecule has 1 N–H and O–H groups in total. The second kappa shape index (κ2) is 5.87. The lowest BCUT2D eigenvalue weighted by atomic mass is 9.32. The average Bonchev–Trinajstić information content (AvgIpc) is 2.90. The van der Waals surface area contributed by atoms with Gasteiger partial charge in [-0.2, -0.15) is 0 Å². The zero-order chi connectivity index (χ0) is 23.6. The average molecular weight is 443 g/mol. The van der Waals surface area contributed by atoms with Gasteiger partial charge in [-0.25, -0.2) is 0 Å². The molecule has 2 saturated heterocycles. The van der Waals surface area contributed by atoms with Crippen molar-refractivity contribution in [2.75, 3.05) is 7.11 Å². The molecule has 2 saturated carbocycles. The summed E-state index contributed by atoms with van der Waals surface area (Å²) in [7, 11) is 1.30. The number of carbonyl (C=O) groups excluding carboxylic acids is 3. The third kappa shape index (κ3) is 1.80. The third-order valence-electron chi connectivity index (χ3n) is 10.8. The molecule has 0 amide bonds.